The summed E-state index contributed by atoms with van der Waals surface area (Å²) in [6, 6.07) is -0.00421. The third-order valence-electron chi connectivity index (χ3n) is 3.93. The number of nitrogens with one attached hydrogen (secondary N) is 2. The number of amides is 1. The number of nitrogens with zero attached hydrogens (tertiary/aromatic N) is 2. The highest BCUT2D eigenvalue weighted by atomic mass is 32.1. The molecule has 0 aliphatic carbocycles. The fourth-order valence-electron chi connectivity index (χ4n) is 2.62. The number of hydrogen-bond acceptors (Lipinski definition) is 6. The van der Waals surface area contributed by atoms with Gasteiger partial charge in [0.05, 0.1) is 6.26 Å². The molecule has 2 aromatic heterocycles. The number of halogens is 3. The maximum atomic E-state index is 13.3. The van der Waals surface area contributed by atoms with Gasteiger partial charge in [0.15, 0.2) is 0 Å². The van der Waals surface area contributed by atoms with E-state index in [2.05, 4.69) is 15.6 Å². The van der Waals surface area contributed by atoms with Crippen LogP contribution >= 0.6 is 11.3 Å². The van der Waals surface area contributed by atoms with Crippen LogP contribution in [0, 0.1) is 0 Å². The van der Waals surface area contributed by atoms with Crippen molar-refractivity contribution in [3.8, 4) is 10.6 Å². The van der Waals surface area contributed by atoms with Crippen molar-refractivity contribution in [3.05, 3.63) is 29.7 Å². The van der Waals surface area contributed by atoms with Crippen molar-refractivity contribution in [2.75, 3.05) is 32.7 Å². The number of alkyl halides is 3. The lowest BCUT2D eigenvalue weighted by Gasteiger charge is -2.35. The highest BCUT2D eigenvalue weighted by Crippen LogP contribution is 2.26. The van der Waals surface area contributed by atoms with Gasteiger partial charge < -0.3 is 15.1 Å². The molecule has 3 rings (SSSR count). The Morgan fingerprint density at radius 3 is 2.84 bits per heavy atom. The summed E-state index contributed by atoms with van der Waals surface area (Å²) < 4.78 is 44.9. The van der Waals surface area contributed by atoms with E-state index in [4.69, 9.17) is 4.42 Å². The van der Waals surface area contributed by atoms with Gasteiger partial charge in [-0.1, -0.05) is 0 Å². The molecule has 0 saturated carbocycles. The van der Waals surface area contributed by atoms with E-state index in [-0.39, 0.29) is 5.69 Å². The van der Waals surface area contributed by atoms with Gasteiger partial charge >= 0.3 is 6.18 Å². The number of piperazine rings is 1. The standard InChI is InChI=1S/C15H17F3N4O2S/c16-15(17,18)12(22-4-2-19-3-5-22)7-20-13(23)11-9-25-14(21-11)10-1-6-24-8-10/h1,6,8-9,12,19H,2-5,7H2,(H,20,23). The summed E-state index contributed by atoms with van der Waals surface area (Å²) in [4.78, 5) is 17.6. The lowest BCUT2D eigenvalue weighted by molar-refractivity contribution is -0.183. The van der Waals surface area contributed by atoms with Gasteiger partial charge in [-0.3, -0.25) is 9.69 Å². The quantitative estimate of drug-likeness (QED) is 0.837. The van der Waals surface area contributed by atoms with Crippen molar-refractivity contribution < 1.29 is 22.4 Å². The zero-order chi connectivity index (χ0) is 17.9. The Balaban J connectivity index is 1.63. The first-order chi connectivity index (χ1) is 11.9. The van der Waals surface area contributed by atoms with Crippen LogP contribution in [-0.4, -0.2) is 60.7 Å². The van der Waals surface area contributed by atoms with E-state index >= 15 is 0 Å². The molecule has 136 valence electrons. The Hall–Kier alpha value is -1.91. The van der Waals surface area contributed by atoms with Gasteiger partial charge in [-0.15, -0.1) is 11.3 Å². The number of hydrogen-bond donors (Lipinski definition) is 2. The zero-order valence-corrected chi connectivity index (χ0v) is 14.0. The summed E-state index contributed by atoms with van der Waals surface area (Å²) in [5.74, 6) is -0.615. The third kappa shape index (κ3) is 4.39. The second-order valence-corrected chi connectivity index (χ2v) is 6.46. The minimum Gasteiger partial charge on any atom is -0.472 e. The molecule has 1 atom stereocenters. The van der Waals surface area contributed by atoms with Crippen LogP contribution in [0.4, 0.5) is 13.2 Å². The molecule has 2 N–H and O–H groups in total. The molecule has 0 aromatic carbocycles. The van der Waals surface area contributed by atoms with Crippen LogP contribution in [0.1, 0.15) is 10.5 Å². The number of carbonyl (C=O) groups excluding carboxylic acids is 1. The first-order valence-corrected chi connectivity index (χ1v) is 8.61. The second-order valence-electron chi connectivity index (χ2n) is 5.60. The summed E-state index contributed by atoms with van der Waals surface area (Å²) in [7, 11) is 0. The van der Waals surface area contributed by atoms with Gasteiger partial charge in [0.1, 0.15) is 23.0 Å². The van der Waals surface area contributed by atoms with Crippen LogP contribution in [0.25, 0.3) is 10.6 Å². The largest absolute Gasteiger partial charge is 0.472 e. The van der Waals surface area contributed by atoms with Gasteiger partial charge in [-0.05, 0) is 6.07 Å². The molecule has 3 heterocycles. The molecule has 25 heavy (non-hydrogen) atoms. The molecule has 2 aromatic rings. The zero-order valence-electron chi connectivity index (χ0n) is 13.2. The second kappa shape index (κ2) is 7.54. The van der Waals surface area contributed by atoms with Gasteiger partial charge in [0.25, 0.3) is 5.91 Å². The van der Waals surface area contributed by atoms with Crippen LogP contribution in [-0.2, 0) is 0 Å². The number of furan rings is 1. The van der Waals surface area contributed by atoms with Crippen molar-refractivity contribution in [2.45, 2.75) is 12.2 Å². The normalized spacial score (nSPS) is 17.4. The van der Waals surface area contributed by atoms with E-state index in [9.17, 15) is 18.0 Å². The van der Waals surface area contributed by atoms with Crippen LogP contribution in [0.5, 0.6) is 0 Å². The molecule has 0 spiro atoms. The predicted octanol–water partition coefficient (Wildman–Crippen LogP) is 1.97. The maximum absolute atomic E-state index is 13.3. The van der Waals surface area contributed by atoms with Crippen LogP contribution in [0.3, 0.4) is 0 Å². The Kier molecular flexibility index (Phi) is 5.40. The lowest BCUT2D eigenvalue weighted by atomic mass is 10.2. The maximum Gasteiger partial charge on any atom is 0.405 e. The van der Waals surface area contributed by atoms with E-state index in [1.54, 1.807) is 6.07 Å². The first kappa shape index (κ1) is 17.9. The molecular formula is C15H17F3N4O2S. The van der Waals surface area contributed by atoms with E-state index < -0.39 is 24.7 Å². The topological polar surface area (TPSA) is 70.4 Å². The molecule has 0 radical (unpaired) electrons. The minimum absolute atomic E-state index is 0.0995. The minimum atomic E-state index is -4.41. The molecule has 1 amide bonds. The summed E-state index contributed by atoms with van der Waals surface area (Å²) in [5.41, 5.74) is 0.820. The van der Waals surface area contributed by atoms with Crippen molar-refractivity contribution in [1.29, 1.82) is 0 Å². The van der Waals surface area contributed by atoms with E-state index in [1.807, 2.05) is 0 Å². The predicted molar refractivity (Wildman–Crippen MR) is 86.4 cm³/mol. The highest BCUT2D eigenvalue weighted by Gasteiger charge is 2.43. The Bertz CT molecular complexity index is 696. The average Bonchev–Trinajstić information content (AvgIpc) is 3.26. The Morgan fingerprint density at radius 1 is 1.44 bits per heavy atom. The summed E-state index contributed by atoms with van der Waals surface area (Å²) in [6.45, 7) is 1.09. The first-order valence-electron chi connectivity index (χ1n) is 7.73. The molecule has 1 aliphatic heterocycles. The van der Waals surface area contributed by atoms with Gasteiger partial charge in [-0.25, -0.2) is 4.98 Å². The summed E-state index contributed by atoms with van der Waals surface area (Å²) >= 11 is 1.23. The fraction of sp³-hybridized carbons (Fsp3) is 0.467. The SMILES string of the molecule is O=C(NCC(N1CCNCC1)C(F)(F)F)c1csc(-c2ccoc2)n1. The molecule has 1 aliphatic rings. The van der Waals surface area contributed by atoms with Crippen LogP contribution in [0.2, 0.25) is 0 Å². The van der Waals surface area contributed by atoms with E-state index in [1.165, 1.54) is 34.1 Å². The molecular weight excluding hydrogens is 357 g/mol. The van der Waals surface area contributed by atoms with E-state index in [0.717, 1.165) is 5.56 Å². The number of thiazole rings is 1. The Morgan fingerprint density at radius 2 is 2.20 bits per heavy atom. The summed E-state index contributed by atoms with van der Waals surface area (Å²) in [5, 5.41) is 7.47. The van der Waals surface area contributed by atoms with Crippen molar-refractivity contribution in [3.63, 3.8) is 0 Å². The van der Waals surface area contributed by atoms with Crippen LogP contribution < -0.4 is 10.6 Å². The van der Waals surface area contributed by atoms with Gasteiger partial charge in [0, 0.05) is 43.7 Å². The monoisotopic (exact) mass is 374 g/mol. The van der Waals surface area contributed by atoms with Gasteiger partial charge in [0.2, 0.25) is 0 Å². The highest BCUT2D eigenvalue weighted by molar-refractivity contribution is 7.13. The number of rotatable bonds is 5. The molecule has 1 fully saturated rings. The number of aromatic nitrogens is 1. The van der Waals surface area contributed by atoms with E-state index in [0.29, 0.717) is 31.2 Å². The van der Waals surface area contributed by atoms with Crippen molar-refractivity contribution in [2.24, 2.45) is 0 Å². The molecule has 1 saturated heterocycles. The van der Waals surface area contributed by atoms with Crippen LogP contribution in [0.15, 0.2) is 28.4 Å². The number of carbonyl (C=O) groups is 1. The summed E-state index contributed by atoms with van der Waals surface area (Å²) in [6.07, 6.45) is -1.43. The van der Waals surface area contributed by atoms with Crippen molar-refractivity contribution >= 4 is 17.2 Å². The molecule has 6 nitrogen and oxygen atoms in total. The molecule has 10 heteroatoms. The molecule has 0 bridgehead atoms. The lowest BCUT2D eigenvalue weighted by Crippen LogP contribution is -2.57. The Labute approximate surface area is 146 Å². The van der Waals surface area contributed by atoms with Gasteiger partial charge in [-0.2, -0.15) is 13.2 Å². The smallest absolute Gasteiger partial charge is 0.405 e. The third-order valence-corrected chi connectivity index (χ3v) is 4.82. The fourth-order valence-corrected chi connectivity index (χ4v) is 3.41. The average molecular weight is 374 g/mol. The van der Waals surface area contributed by atoms with Crippen molar-refractivity contribution in [1.82, 2.24) is 20.5 Å². The molecule has 1 unspecified atom stereocenters.